The summed E-state index contributed by atoms with van der Waals surface area (Å²) >= 11 is 4.15. The van der Waals surface area contributed by atoms with Gasteiger partial charge in [-0.1, -0.05) is 34.1 Å². The molecule has 0 spiro atoms. The molecule has 120 valence electrons. The Labute approximate surface area is 144 Å². The van der Waals surface area contributed by atoms with E-state index in [0.29, 0.717) is 9.37 Å². The van der Waals surface area contributed by atoms with Crippen LogP contribution in [0.2, 0.25) is 0 Å². The second-order valence-electron chi connectivity index (χ2n) is 4.41. The third-order valence-corrected chi connectivity index (χ3v) is 4.34. The van der Waals surface area contributed by atoms with Crippen molar-refractivity contribution in [2.45, 2.75) is 11.5 Å². The number of esters is 1. The molecule has 0 atom stereocenters. The summed E-state index contributed by atoms with van der Waals surface area (Å²) in [6.07, 6.45) is 0. The molecule has 0 radical (unpaired) electrons. The topological polar surface area (TPSA) is 69.4 Å². The molecule has 23 heavy (non-hydrogen) atoms. The van der Waals surface area contributed by atoms with Crippen LogP contribution in [0.5, 0.6) is 0 Å². The fourth-order valence-electron chi connectivity index (χ4n) is 1.71. The Morgan fingerprint density at radius 2 is 2.04 bits per heavy atom. The minimum atomic E-state index is -0.574. The number of thioether (sulfide) groups is 1. The van der Waals surface area contributed by atoms with Crippen molar-refractivity contribution >= 4 is 39.3 Å². The summed E-state index contributed by atoms with van der Waals surface area (Å²) in [4.78, 5) is 22.4. The van der Waals surface area contributed by atoms with Gasteiger partial charge in [0.25, 0.3) is 5.69 Å². The van der Waals surface area contributed by atoms with Crippen LogP contribution in [0.25, 0.3) is 0 Å². The number of nitro groups is 1. The molecule has 0 saturated heterocycles. The van der Waals surface area contributed by atoms with Crippen molar-refractivity contribution in [2.75, 3.05) is 5.75 Å². The molecule has 0 aliphatic rings. The normalized spacial score (nSPS) is 10.3. The zero-order chi connectivity index (χ0) is 16.8. The Kier molecular flexibility index (Phi) is 6.12. The van der Waals surface area contributed by atoms with E-state index in [1.807, 2.05) is 0 Å². The maximum atomic E-state index is 13.6. The first-order chi connectivity index (χ1) is 11.0. The molecule has 0 aliphatic heterocycles. The molecule has 2 aromatic carbocycles. The van der Waals surface area contributed by atoms with E-state index in [4.69, 9.17) is 4.74 Å². The zero-order valence-corrected chi connectivity index (χ0v) is 14.1. The van der Waals surface area contributed by atoms with Crippen molar-refractivity contribution in [2.24, 2.45) is 0 Å². The van der Waals surface area contributed by atoms with E-state index in [1.54, 1.807) is 24.3 Å². The summed E-state index contributed by atoms with van der Waals surface area (Å²) < 4.78 is 19.2. The lowest BCUT2D eigenvalue weighted by molar-refractivity contribution is -0.387. The van der Waals surface area contributed by atoms with Gasteiger partial charge in [-0.15, -0.1) is 11.8 Å². The minimum Gasteiger partial charge on any atom is -0.460 e. The number of carbonyl (C=O) groups excluding carboxylic acids is 1. The Bertz CT molecular complexity index is 741. The number of hydrogen-bond donors (Lipinski definition) is 0. The third kappa shape index (κ3) is 5.04. The second kappa shape index (κ2) is 8.07. The van der Waals surface area contributed by atoms with Gasteiger partial charge in [0.05, 0.1) is 15.6 Å². The van der Waals surface area contributed by atoms with Crippen LogP contribution in [-0.2, 0) is 16.1 Å². The standard InChI is InChI=1S/C15H11BrFNO4S/c16-11-6-5-10(12(17)7-11)8-22-15(19)9-23-14-4-2-1-3-13(14)18(20)21/h1-7H,8-9H2. The summed E-state index contributed by atoms with van der Waals surface area (Å²) in [5, 5.41) is 10.9. The van der Waals surface area contributed by atoms with Crippen LogP contribution >= 0.6 is 27.7 Å². The summed E-state index contributed by atoms with van der Waals surface area (Å²) in [6.45, 7) is -0.185. The van der Waals surface area contributed by atoms with Gasteiger partial charge in [-0.25, -0.2) is 4.39 Å². The maximum absolute atomic E-state index is 13.6. The van der Waals surface area contributed by atoms with E-state index in [0.717, 1.165) is 11.8 Å². The molecule has 8 heteroatoms. The lowest BCUT2D eigenvalue weighted by Gasteiger charge is -2.06. The highest BCUT2D eigenvalue weighted by Crippen LogP contribution is 2.28. The van der Waals surface area contributed by atoms with Gasteiger partial charge in [-0.2, -0.15) is 0 Å². The quantitative estimate of drug-likeness (QED) is 0.313. The van der Waals surface area contributed by atoms with Gasteiger partial charge in [0.1, 0.15) is 12.4 Å². The molecule has 2 rings (SSSR count). The Morgan fingerprint density at radius 3 is 2.74 bits per heavy atom. The van der Waals surface area contributed by atoms with E-state index >= 15 is 0 Å². The molecule has 0 unspecified atom stereocenters. The minimum absolute atomic E-state index is 0.0655. The van der Waals surface area contributed by atoms with Crippen LogP contribution in [0.1, 0.15) is 5.56 Å². The molecule has 0 aromatic heterocycles. The predicted molar refractivity (Wildman–Crippen MR) is 87.7 cm³/mol. The Hall–Kier alpha value is -1.93. The van der Waals surface area contributed by atoms with Crippen LogP contribution in [-0.4, -0.2) is 16.6 Å². The summed E-state index contributed by atoms with van der Waals surface area (Å²) in [5.41, 5.74) is 0.196. The van der Waals surface area contributed by atoms with Gasteiger partial charge < -0.3 is 4.74 Å². The largest absolute Gasteiger partial charge is 0.460 e. The van der Waals surface area contributed by atoms with E-state index in [-0.39, 0.29) is 23.6 Å². The molecule has 5 nitrogen and oxygen atoms in total. The van der Waals surface area contributed by atoms with E-state index in [9.17, 15) is 19.3 Å². The fraction of sp³-hybridized carbons (Fsp3) is 0.133. The van der Waals surface area contributed by atoms with E-state index < -0.39 is 16.7 Å². The monoisotopic (exact) mass is 399 g/mol. The molecule has 0 N–H and O–H groups in total. The molecule has 0 saturated carbocycles. The summed E-state index contributed by atoms with van der Waals surface area (Å²) in [6, 6.07) is 10.6. The number of benzene rings is 2. The number of nitro benzene ring substituents is 1. The van der Waals surface area contributed by atoms with Gasteiger partial charge >= 0.3 is 5.97 Å². The highest BCUT2D eigenvalue weighted by Gasteiger charge is 2.15. The number of carbonyl (C=O) groups is 1. The first-order valence-corrected chi connectivity index (χ1v) is 8.21. The van der Waals surface area contributed by atoms with E-state index in [2.05, 4.69) is 15.9 Å². The average Bonchev–Trinajstić information content (AvgIpc) is 2.52. The first kappa shape index (κ1) is 17.4. The van der Waals surface area contributed by atoms with Crippen molar-refractivity contribution in [3.8, 4) is 0 Å². The van der Waals surface area contributed by atoms with Crippen LogP contribution < -0.4 is 0 Å². The highest BCUT2D eigenvalue weighted by molar-refractivity contribution is 9.10. The maximum Gasteiger partial charge on any atom is 0.316 e. The number of nitrogens with zero attached hydrogens (tertiary/aromatic N) is 1. The molecule has 0 aliphatic carbocycles. The van der Waals surface area contributed by atoms with Crippen molar-refractivity contribution in [1.82, 2.24) is 0 Å². The summed E-state index contributed by atoms with van der Waals surface area (Å²) in [5.74, 6) is -1.14. The number of ether oxygens (including phenoxy) is 1. The average molecular weight is 400 g/mol. The molecule has 2 aromatic rings. The van der Waals surface area contributed by atoms with Gasteiger partial charge in [-0.05, 0) is 18.2 Å². The lowest BCUT2D eigenvalue weighted by atomic mass is 10.2. The van der Waals surface area contributed by atoms with E-state index in [1.165, 1.54) is 18.2 Å². The van der Waals surface area contributed by atoms with Gasteiger partial charge in [-0.3, -0.25) is 14.9 Å². The van der Waals surface area contributed by atoms with Gasteiger partial charge in [0.15, 0.2) is 0 Å². The predicted octanol–water partition coefficient (Wildman–Crippen LogP) is 4.33. The van der Waals surface area contributed by atoms with Gasteiger partial charge in [0, 0.05) is 16.1 Å². The fourth-order valence-corrected chi connectivity index (χ4v) is 2.86. The first-order valence-electron chi connectivity index (χ1n) is 6.43. The molecule has 0 fully saturated rings. The van der Waals surface area contributed by atoms with Crippen LogP contribution in [0, 0.1) is 15.9 Å². The zero-order valence-electron chi connectivity index (χ0n) is 11.7. The smallest absolute Gasteiger partial charge is 0.316 e. The van der Waals surface area contributed by atoms with Crippen molar-refractivity contribution < 1.29 is 18.8 Å². The molecular weight excluding hydrogens is 389 g/mol. The SMILES string of the molecule is O=C(CSc1ccccc1[N+](=O)[O-])OCc1ccc(Br)cc1F. The number of hydrogen-bond acceptors (Lipinski definition) is 5. The third-order valence-electron chi connectivity index (χ3n) is 2.81. The molecule has 0 amide bonds. The Balaban J connectivity index is 1.90. The lowest BCUT2D eigenvalue weighted by Crippen LogP contribution is -2.08. The van der Waals surface area contributed by atoms with Crippen molar-refractivity contribution in [3.63, 3.8) is 0 Å². The number of rotatable bonds is 6. The molecule has 0 bridgehead atoms. The van der Waals surface area contributed by atoms with Crippen LogP contribution in [0.3, 0.4) is 0 Å². The number of para-hydroxylation sites is 1. The Morgan fingerprint density at radius 1 is 1.30 bits per heavy atom. The number of halogens is 2. The van der Waals surface area contributed by atoms with Crippen molar-refractivity contribution in [3.05, 3.63) is 68.4 Å². The van der Waals surface area contributed by atoms with Crippen molar-refractivity contribution in [1.29, 1.82) is 0 Å². The molecular formula is C15H11BrFNO4S. The summed E-state index contributed by atoms with van der Waals surface area (Å²) in [7, 11) is 0. The van der Waals surface area contributed by atoms with Crippen LogP contribution in [0.4, 0.5) is 10.1 Å². The van der Waals surface area contributed by atoms with Gasteiger partial charge in [0.2, 0.25) is 0 Å². The molecule has 0 heterocycles. The highest BCUT2D eigenvalue weighted by atomic mass is 79.9. The van der Waals surface area contributed by atoms with Crippen LogP contribution in [0.15, 0.2) is 51.8 Å². The second-order valence-corrected chi connectivity index (χ2v) is 6.34.